The lowest BCUT2D eigenvalue weighted by Gasteiger charge is -2.26. The van der Waals surface area contributed by atoms with Crippen LogP contribution in [-0.2, 0) is 11.3 Å². The smallest absolute Gasteiger partial charge is 0.275 e. The zero-order chi connectivity index (χ0) is 15.7. The molecular weight excluding hydrogens is 284 g/mol. The Labute approximate surface area is 126 Å². The van der Waals surface area contributed by atoms with Gasteiger partial charge < -0.3 is 10.2 Å². The molecule has 0 aliphatic carbocycles. The molecule has 7 heteroatoms. The highest BCUT2D eigenvalue weighted by atomic mass is 16.2. The average molecular weight is 300 g/mol. The van der Waals surface area contributed by atoms with E-state index < -0.39 is 0 Å². The first-order valence-corrected chi connectivity index (χ1v) is 7.17. The summed E-state index contributed by atoms with van der Waals surface area (Å²) in [7, 11) is 0. The van der Waals surface area contributed by atoms with Gasteiger partial charge in [-0.05, 0) is 13.0 Å². The van der Waals surface area contributed by atoms with Crippen LogP contribution in [0.2, 0.25) is 0 Å². The lowest BCUT2D eigenvalue weighted by atomic mass is 10.1. The predicted octanol–water partition coefficient (Wildman–Crippen LogP) is -0.0116. The lowest BCUT2D eigenvalue weighted by Crippen LogP contribution is -2.50. The Morgan fingerprint density at radius 2 is 2.00 bits per heavy atom. The van der Waals surface area contributed by atoms with Crippen LogP contribution in [0.4, 0.5) is 0 Å². The predicted molar refractivity (Wildman–Crippen MR) is 80.6 cm³/mol. The quantitative estimate of drug-likeness (QED) is 0.845. The van der Waals surface area contributed by atoms with Gasteiger partial charge in [0.25, 0.3) is 11.5 Å². The SMILES string of the molecule is CCn1nc(C(=O)N2CCNC(=O)C2)c2ccccc2c1=O. The van der Waals surface area contributed by atoms with E-state index in [1.807, 2.05) is 0 Å². The molecule has 22 heavy (non-hydrogen) atoms. The third kappa shape index (κ3) is 2.34. The van der Waals surface area contributed by atoms with Crippen molar-refractivity contribution in [2.45, 2.75) is 13.5 Å². The monoisotopic (exact) mass is 300 g/mol. The third-order valence-electron chi connectivity index (χ3n) is 3.70. The Morgan fingerprint density at radius 3 is 2.68 bits per heavy atom. The largest absolute Gasteiger partial charge is 0.353 e. The molecule has 1 fully saturated rings. The first-order valence-electron chi connectivity index (χ1n) is 7.17. The van der Waals surface area contributed by atoms with Gasteiger partial charge in [0.15, 0.2) is 5.69 Å². The first-order chi connectivity index (χ1) is 10.6. The summed E-state index contributed by atoms with van der Waals surface area (Å²) in [6.45, 7) is 3.05. The van der Waals surface area contributed by atoms with Gasteiger partial charge in [0.1, 0.15) is 0 Å². The van der Waals surface area contributed by atoms with Gasteiger partial charge in [-0.15, -0.1) is 0 Å². The van der Waals surface area contributed by atoms with Crippen molar-refractivity contribution in [3.63, 3.8) is 0 Å². The van der Waals surface area contributed by atoms with Crippen LogP contribution in [0.15, 0.2) is 29.1 Å². The number of amides is 2. The van der Waals surface area contributed by atoms with Crippen LogP contribution in [-0.4, -0.2) is 46.1 Å². The number of fused-ring (bicyclic) bond motifs is 1. The fourth-order valence-electron chi connectivity index (χ4n) is 2.57. The van der Waals surface area contributed by atoms with Crippen LogP contribution in [0.1, 0.15) is 17.4 Å². The van der Waals surface area contributed by atoms with E-state index in [9.17, 15) is 14.4 Å². The Hall–Kier alpha value is -2.70. The molecule has 1 aliphatic rings. The van der Waals surface area contributed by atoms with Crippen LogP contribution in [0.5, 0.6) is 0 Å². The van der Waals surface area contributed by atoms with E-state index in [1.54, 1.807) is 31.2 Å². The molecular formula is C15H16N4O3. The average Bonchev–Trinajstić information content (AvgIpc) is 2.55. The molecule has 2 aromatic rings. The van der Waals surface area contributed by atoms with Crippen LogP contribution < -0.4 is 10.9 Å². The minimum Gasteiger partial charge on any atom is -0.353 e. The van der Waals surface area contributed by atoms with E-state index in [4.69, 9.17) is 0 Å². The summed E-state index contributed by atoms with van der Waals surface area (Å²) in [5.74, 6) is -0.513. The Bertz CT molecular complexity index is 812. The molecule has 1 N–H and O–H groups in total. The van der Waals surface area contributed by atoms with E-state index in [1.165, 1.54) is 9.58 Å². The van der Waals surface area contributed by atoms with Gasteiger partial charge in [-0.2, -0.15) is 5.10 Å². The number of aromatic nitrogens is 2. The van der Waals surface area contributed by atoms with Crippen LogP contribution in [0.25, 0.3) is 10.8 Å². The minimum absolute atomic E-state index is 0.0140. The van der Waals surface area contributed by atoms with Gasteiger partial charge in [0.2, 0.25) is 5.91 Å². The summed E-state index contributed by atoms with van der Waals surface area (Å²) in [6.07, 6.45) is 0. The summed E-state index contributed by atoms with van der Waals surface area (Å²) >= 11 is 0. The molecule has 0 unspecified atom stereocenters. The number of rotatable bonds is 2. The molecule has 0 saturated carbocycles. The first kappa shape index (κ1) is 14.2. The van der Waals surface area contributed by atoms with Gasteiger partial charge in [-0.1, -0.05) is 18.2 Å². The van der Waals surface area contributed by atoms with Crippen molar-refractivity contribution >= 4 is 22.6 Å². The number of piperazine rings is 1. The van der Waals surface area contributed by atoms with Crippen molar-refractivity contribution < 1.29 is 9.59 Å². The summed E-state index contributed by atoms with van der Waals surface area (Å²) in [5.41, 5.74) is -0.00205. The standard InChI is InChI=1S/C15H16N4O3/c1-2-19-14(21)11-6-4-3-5-10(11)13(17-19)15(22)18-8-7-16-12(20)9-18/h3-6H,2,7-9H2,1H3,(H,16,20). The number of nitrogens with one attached hydrogen (secondary N) is 1. The van der Waals surface area contributed by atoms with E-state index in [0.717, 1.165) is 0 Å². The van der Waals surface area contributed by atoms with Crippen LogP contribution >= 0.6 is 0 Å². The number of carbonyl (C=O) groups excluding carboxylic acids is 2. The normalized spacial score (nSPS) is 15.0. The summed E-state index contributed by atoms with van der Waals surface area (Å²) in [5, 5.41) is 7.86. The van der Waals surface area contributed by atoms with Crippen molar-refractivity contribution in [1.82, 2.24) is 20.0 Å². The highest BCUT2D eigenvalue weighted by molar-refractivity contribution is 6.05. The van der Waals surface area contributed by atoms with Crippen molar-refractivity contribution in [3.05, 3.63) is 40.3 Å². The maximum Gasteiger partial charge on any atom is 0.275 e. The van der Waals surface area contributed by atoms with E-state index in [-0.39, 0.29) is 29.6 Å². The molecule has 0 spiro atoms. The molecule has 1 aromatic heterocycles. The number of carbonyl (C=O) groups is 2. The van der Waals surface area contributed by atoms with Crippen LogP contribution in [0.3, 0.4) is 0 Å². The second kappa shape index (κ2) is 5.59. The van der Waals surface area contributed by atoms with Gasteiger partial charge in [0, 0.05) is 25.0 Å². The Balaban J connectivity index is 2.13. The maximum absolute atomic E-state index is 12.7. The van der Waals surface area contributed by atoms with E-state index >= 15 is 0 Å². The molecule has 3 rings (SSSR count). The minimum atomic E-state index is -0.326. The fourth-order valence-corrected chi connectivity index (χ4v) is 2.57. The molecule has 0 bridgehead atoms. The summed E-state index contributed by atoms with van der Waals surface area (Å²) < 4.78 is 1.28. The number of hydrogen-bond donors (Lipinski definition) is 1. The maximum atomic E-state index is 12.7. The zero-order valence-corrected chi connectivity index (χ0v) is 12.2. The summed E-state index contributed by atoms with van der Waals surface area (Å²) in [6, 6.07) is 6.91. The molecule has 1 aliphatic heterocycles. The Morgan fingerprint density at radius 1 is 1.27 bits per heavy atom. The topological polar surface area (TPSA) is 84.3 Å². The van der Waals surface area contributed by atoms with E-state index in [2.05, 4.69) is 10.4 Å². The third-order valence-corrected chi connectivity index (χ3v) is 3.70. The molecule has 0 atom stereocenters. The number of benzene rings is 1. The number of aryl methyl sites for hydroxylation is 1. The van der Waals surface area contributed by atoms with Gasteiger partial charge in [-0.25, -0.2) is 4.68 Å². The van der Waals surface area contributed by atoms with E-state index in [0.29, 0.717) is 30.4 Å². The molecule has 2 amide bonds. The second-order valence-corrected chi connectivity index (χ2v) is 5.09. The highest BCUT2D eigenvalue weighted by Crippen LogP contribution is 2.15. The van der Waals surface area contributed by atoms with Crippen molar-refractivity contribution in [2.24, 2.45) is 0 Å². The molecule has 0 radical (unpaired) electrons. The van der Waals surface area contributed by atoms with Gasteiger partial charge in [-0.3, -0.25) is 14.4 Å². The number of nitrogens with zero attached hydrogens (tertiary/aromatic N) is 3. The lowest BCUT2D eigenvalue weighted by molar-refractivity contribution is -0.123. The highest BCUT2D eigenvalue weighted by Gasteiger charge is 2.25. The summed E-state index contributed by atoms with van der Waals surface area (Å²) in [4.78, 5) is 37.9. The van der Waals surface area contributed by atoms with Crippen LogP contribution in [0, 0.1) is 0 Å². The second-order valence-electron chi connectivity index (χ2n) is 5.09. The molecule has 2 heterocycles. The molecule has 1 aromatic carbocycles. The van der Waals surface area contributed by atoms with Crippen molar-refractivity contribution in [2.75, 3.05) is 19.6 Å². The van der Waals surface area contributed by atoms with Gasteiger partial charge in [0.05, 0.1) is 11.9 Å². The molecule has 1 saturated heterocycles. The van der Waals surface area contributed by atoms with Gasteiger partial charge >= 0.3 is 0 Å². The molecule has 114 valence electrons. The zero-order valence-electron chi connectivity index (χ0n) is 12.2. The fraction of sp³-hybridized carbons (Fsp3) is 0.333. The molecule has 7 nitrogen and oxygen atoms in total. The van der Waals surface area contributed by atoms with Crippen molar-refractivity contribution in [3.8, 4) is 0 Å². The Kier molecular flexibility index (Phi) is 3.62. The van der Waals surface area contributed by atoms with Crippen molar-refractivity contribution in [1.29, 1.82) is 0 Å². The number of hydrogen-bond acceptors (Lipinski definition) is 4.